The lowest BCUT2D eigenvalue weighted by molar-refractivity contribution is 0.168. The number of rotatable bonds is 3. The van der Waals surface area contributed by atoms with Crippen molar-refractivity contribution < 1.29 is 18.3 Å². The minimum Gasteiger partial charge on any atom is -0.388 e. The second kappa shape index (κ2) is 5.18. The Balaban J connectivity index is 2.27. The van der Waals surface area contributed by atoms with E-state index < -0.39 is 29.1 Å². The highest BCUT2D eigenvalue weighted by molar-refractivity contribution is 5.25. The van der Waals surface area contributed by atoms with Gasteiger partial charge in [-0.15, -0.1) is 0 Å². The van der Waals surface area contributed by atoms with Crippen molar-refractivity contribution in [1.29, 1.82) is 0 Å². The Bertz CT molecular complexity index is 522. The molecule has 2 aromatic rings. The van der Waals surface area contributed by atoms with E-state index in [1.807, 2.05) is 0 Å². The van der Waals surface area contributed by atoms with Gasteiger partial charge in [0.05, 0.1) is 11.7 Å². The van der Waals surface area contributed by atoms with Crippen LogP contribution in [-0.4, -0.2) is 10.1 Å². The lowest BCUT2D eigenvalue weighted by Crippen LogP contribution is -2.08. The molecule has 0 aliphatic heterocycles. The van der Waals surface area contributed by atoms with Crippen LogP contribution in [0.15, 0.2) is 36.7 Å². The van der Waals surface area contributed by atoms with Gasteiger partial charge in [0.2, 0.25) is 0 Å². The van der Waals surface area contributed by atoms with Crippen molar-refractivity contribution in [1.82, 2.24) is 4.98 Å². The number of aliphatic hydroxyl groups is 1. The molecule has 1 heterocycles. The summed E-state index contributed by atoms with van der Waals surface area (Å²) < 4.78 is 39.6. The summed E-state index contributed by atoms with van der Waals surface area (Å²) >= 11 is 0. The van der Waals surface area contributed by atoms with Gasteiger partial charge in [-0.1, -0.05) is 0 Å². The van der Waals surface area contributed by atoms with Gasteiger partial charge in [-0.3, -0.25) is 4.98 Å². The minimum atomic E-state index is -1.37. The van der Waals surface area contributed by atoms with E-state index in [2.05, 4.69) is 4.98 Å². The highest BCUT2D eigenvalue weighted by Crippen LogP contribution is 2.24. The first-order valence-corrected chi connectivity index (χ1v) is 5.29. The van der Waals surface area contributed by atoms with Gasteiger partial charge in [-0.05, 0) is 17.7 Å². The van der Waals surface area contributed by atoms with Crippen LogP contribution in [0.1, 0.15) is 17.2 Å². The van der Waals surface area contributed by atoms with Crippen LogP contribution in [0.25, 0.3) is 0 Å². The molecule has 1 unspecified atom stereocenters. The number of aliphatic hydroxyl groups excluding tert-OH is 1. The molecule has 0 saturated heterocycles. The van der Waals surface area contributed by atoms with Crippen LogP contribution >= 0.6 is 0 Å². The fraction of sp³-hybridized carbons (Fsp3) is 0.154. The summed E-state index contributed by atoms with van der Waals surface area (Å²) in [5.41, 5.74) is 0.161. The number of halogens is 3. The molecule has 1 atom stereocenters. The molecule has 0 spiro atoms. The van der Waals surface area contributed by atoms with Crippen LogP contribution in [-0.2, 0) is 6.42 Å². The summed E-state index contributed by atoms with van der Waals surface area (Å²) in [6.07, 6.45) is 1.69. The molecule has 0 aliphatic rings. The van der Waals surface area contributed by atoms with E-state index in [1.165, 1.54) is 12.4 Å². The van der Waals surface area contributed by atoms with Crippen LogP contribution in [0, 0.1) is 17.5 Å². The molecule has 2 nitrogen and oxygen atoms in total. The summed E-state index contributed by atoms with van der Waals surface area (Å²) in [4.78, 5) is 3.79. The Morgan fingerprint density at radius 1 is 1.06 bits per heavy atom. The fourth-order valence-corrected chi connectivity index (χ4v) is 1.72. The molecule has 0 aliphatic carbocycles. The summed E-state index contributed by atoms with van der Waals surface area (Å²) in [6.45, 7) is 0. The average molecular weight is 253 g/mol. The van der Waals surface area contributed by atoms with Gasteiger partial charge < -0.3 is 5.11 Å². The van der Waals surface area contributed by atoms with Crippen LogP contribution in [0.5, 0.6) is 0 Å². The van der Waals surface area contributed by atoms with Crippen molar-refractivity contribution >= 4 is 0 Å². The highest BCUT2D eigenvalue weighted by atomic mass is 19.1. The normalized spacial score (nSPS) is 12.4. The van der Waals surface area contributed by atoms with E-state index in [-0.39, 0.29) is 6.42 Å². The molecule has 0 amide bonds. The third-order valence-corrected chi connectivity index (χ3v) is 2.56. The van der Waals surface area contributed by atoms with E-state index in [0.29, 0.717) is 17.7 Å². The summed E-state index contributed by atoms with van der Waals surface area (Å²) in [5, 5.41) is 9.80. The maximum atomic E-state index is 13.4. The van der Waals surface area contributed by atoms with E-state index >= 15 is 0 Å². The third kappa shape index (κ3) is 2.68. The molecule has 18 heavy (non-hydrogen) atoms. The second-order valence-electron chi connectivity index (χ2n) is 3.86. The Hall–Kier alpha value is -1.88. The lowest BCUT2D eigenvalue weighted by Gasteiger charge is -2.13. The molecular weight excluding hydrogens is 243 g/mol. The zero-order valence-electron chi connectivity index (χ0n) is 9.28. The van der Waals surface area contributed by atoms with E-state index in [9.17, 15) is 18.3 Å². The molecular formula is C13H10F3NO. The maximum Gasteiger partial charge on any atom is 0.134 e. The largest absolute Gasteiger partial charge is 0.388 e. The molecule has 0 bridgehead atoms. The van der Waals surface area contributed by atoms with Gasteiger partial charge in [0, 0.05) is 30.9 Å². The average Bonchev–Trinajstić information content (AvgIpc) is 2.28. The second-order valence-corrected chi connectivity index (χ2v) is 3.86. The maximum absolute atomic E-state index is 13.4. The molecule has 1 aromatic carbocycles. The predicted octanol–water partition coefficient (Wildman–Crippen LogP) is 2.78. The fourth-order valence-electron chi connectivity index (χ4n) is 1.72. The Morgan fingerprint density at radius 2 is 1.61 bits per heavy atom. The zero-order chi connectivity index (χ0) is 13.1. The van der Waals surface area contributed by atoms with Gasteiger partial charge in [0.15, 0.2) is 0 Å². The Labute approximate surface area is 102 Å². The van der Waals surface area contributed by atoms with Crippen molar-refractivity contribution in [2.75, 3.05) is 0 Å². The van der Waals surface area contributed by atoms with Crippen molar-refractivity contribution in [2.24, 2.45) is 0 Å². The zero-order valence-corrected chi connectivity index (χ0v) is 9.28. The topological polar surface area (TPSA) is 33.1 Å². The summed E-state index contributed by atoms with van der Waals surface area (Å²) in [7, 11) is 0. The molecule has 2 rings (SSSR count). The number of nitrogens with zero attached hydrogens (tertiary/aromatic N) is 1. The number of aromatic nitrogens is 1. The van der Waals surface area contributed by atoms with Crippen LogP contribution < -0.4 is 0 Å². The van der Waals surface area contributed by atoms with E-state index in [1.54, 1.807) is 12.1 Å². The van der Waals surface area contributed by atoms with Crippen molar-refractivity contribution in [2.45, 2.75) is 12.5 Å². The molecule has 0 radical (unpaired) electrons. The number of hydrogen-bond acceptors (Lipinski definition) is 2. The molecule has 1 N–H and O–H groups in total. The molecule has 0 fully saturated rings. The van der Waals surface area contributed by atoms with Gasteiger partial charge >= 0.3 is 0 Å². The van der Waals surface area contributed by atoms with Gasteiger partial charge in [0.25, 0.3) is 0 Å². The number of hydrogen-bond donors (Lipinski definition) is 1. The van der Waals surface area contributed by atoms with Gasteiger partial charge in [-0.2, -0.15) is 0 Å². The van der Waals surface area contributed by atoms with Crippen molar-refractivity contribution in [3.63, 3.8) is 0 Å². The Morgan fingerprint density at radius 3 is 2.17 bits per heavy atom. The first-order valence-electron chi connectivity index (χ1n) is 5.29. The van der Waals surface area contributed by atoms with E-state index in [4.69, 9.17) is 0 Å². The lowest BCUT2D eigenvalue weighted by atomic mass is 10.0. The number of benzene rings is 1. The van der Waals surface area contributed by atoms with Crippen molar-refractivity contribution in [3.8, 4) is 0 Å². The minimum absolute atomic E-state index is 0.0298. The van der Waals surface area contributed by atoms with E-state index in [0.717, 1.165) is 0 Å². The van der Waals surface area contributed by atoms with Crippen LogP contribution in [0.4, 0.5) is 13.2 Å². The molecule has 0 saturated carbocycles. The SMILES string of the molecule is OC(Cc1ccncc1)c1c(F)cc(F)cc1F. The molecule has 1 aromatic heterocycles. The first-order chi connectivity index (χ1) is 8.58. The van der Waals surface area contributed by atoms with Crippen LogP contribution in [0.3, 0.4) is 0 Å². The predicted molar refractivity (Wildman–Crippen MR) is 59.2 cm³/mol. The smallest absolute Gasteiger partial charge is 0.134 e. The highest BCUT2D eigenvalue weighted by Gasteiger charge is 2.19. The van der Waals surface area contributed by atoms with Gasteiger partial charge in [-0.25, -0.2) is 13.2 Å². The summed E-state index contributed by atoms with van der Waals surface area (Å²) in [6, 6.07) is 4.35. The quantitative estimate of drug-likeness (QED) is 0.912. The van der Waals surface area contributed by atoms with Crippen molar-refractivity contribution in [3.05, 3.63) is 65.2 Å². The standard InChI is InChI=1S/C13H10F3NO/c14-9-6-10(15)13(11(16)7-9)12(18)5-8-1-3-17-4-2-8/h1-4,6-7,12,18H,5H2. The van der Waals surface area contributed by atoms with Gasteiger partial charge in [0.1, 0.15) is 17.5 Å². The van der Waals surface area contributed by atoms with Crippen LogP contribution in [0.2, 0.25) is 0 Å². The first kappa shape index (κ1) is 12.6. The summed E-state index contributed by atoms with van der Waals surface area (Å²) in [5.74, 6) is -3.19. The third-order valence-electron chi connectivity index (χ3n) is 2.56. The Kier molecular flexibility index (Phi) is 3.62. The molecule has 5 heteroatoms. The monoisotopic (exact) mass is 253 g/mol. The molecule has 94 valence electrons. The number of pyridine rings is 1.